The van der Waals surface area contributed by atoms with Gasteiger partial charge in [0.25, 0.3) is 5.91 Å². The summed E-state index contributed by atoms with van der Waals surface area (Å²) >= 11 is 3.36. The summed E-state index contributed by atoms with van der Waals surface area (Å²) in [6, 6.07) is 9.15. The molecule has 1 aliphatic heterocycles. The molecular weight excluding hydrogens is 372 g/mol. The van der Waals surface area contributed by atoms with E-state index >= 15 is 0 Å². The third-order valence-electron chi connectivity index (χ3n) is 3.73. The van der Waals surface area contributed by atoms with E-state index in [-0.39, 0.29) is 5.91 Å². The number of carbonyl (C=O) groups is 1. The number of hydrogen-bond donors (Lipinski definition) is 1. The Morgan fingerprint density at radius 3 is 2.67 bits per heavy atom. The van der Waals surface area contributed by atoms with Gasteiger partial charge in [-0.1, -0.05) is 15.9 Å². The lowest BCUT2D eigenvalue weighted by Crippen LogP contribution is -2.37. The molecule has 0 spiro atoms. The molecule has 1 aromatic heterocycles. The van der Waals surface area contributed by atoms with E-state index in [4.69, 9.17) is 4.74 Å². The number of ether oxygens (including phenoxy) is 1. The highest BCUT2D eigenvalue weighted by Crippen LogP contribution is 2.13. The van der Waals surface area contributed by atoms with E-state index in [1.165, 1.54) is 0 Å². The number of morpholine rings is 1. The van der Waals surface area contributed by atoms with Gasteiger partial charge in [-0.25, -0.2) is 9.97 Å². The Hall–Kier alpha value is -1.99. The van der Waals surface area contributed by atoms with Crippen molar-refractivity contribution in [2.24, 2.45) is 0 Å². The molecule has 1 aliphatic rings. The first-order valence-electron chi connectivity index (χ1n) is 7.83. The lowest BCUT2D eigenvalue weighted by atomic mass is 10.2. The van der Waals surface area contributed by atoms with Crippen LogP contribution in [0.5, 0.6) is 0 Å². The molecule has 0 bridgehead atoms. The van der Waals surface area contributed by atoms with Crippen LogP contribution < -0.4 is 10.2 Å². The lowest BCUT2D eigenvalue weighted by Gasteiger charge is -2.27. The van der Waals surface area contributed by atoms with Gasteiger partial charge in [-0.3, -0.25) is 4.79 Å². The first-order chi connectivity index (χ1) is 11.6. The van der Waals surface area contributed by atoms with Crippen molar-refractivity contribution in [3.63, 3.8) is 0 Å². The maximum Gasteiger partial charge on any atom is 0.251 e. The van der Waals surface area contributed by atoms with E-state index < -0.39 is 0 Å². The number of nitrogens with zero attached hydrogens (tertiary/aromatic N) is 3. The highest BCUT2D eigenvalue weighted by Gasteiger charge is 2.15. The van der Waals surface area contributed by atoms with E-state index in [0.717, 1.165) is 29.0 Å². The van der Waals surface area contributed by atoms with Crippen LogP contribution in [-0.4, -0.2) is 42.2 Å². The standard InChI is InChI=1S/C17H19BrN4O2/c1-12-10-15(21-17(20-12)22-6-8-24-9-7-22)11-19-16(23)13-2-4-14(18)5-3-13/h2-5,10H,6-9,11H2,1H3,(H,19,23). The molecule has 2 aromatic rings. The van der Waals surface area contributed by atoms with Crippen molar-refractivity contribution in [2.45, 2.75) is 13.5 Å². The van der Waals surface area contributed by atoms with Crippen LogP contribution in [0.3, 0.4) is 0 Å². The predicted octanol–water partition coefficient (Wildman–Crippen LogP) is 2.31. The lowest BCUT2D eigenvalue weighted by molar-refractivity contribution is 0.0950. The summed E-state index contributed by atoms with van der Waals surface area (Å²) in [7, 11) is 0. The van der Waals surface area contributed by atoms with Crippen molar-refractivity contribution < 1.29 is 9.53 Å². The second-order valence-electron chi connectivity index (χ2n) is 5.59. The van der Waals surface area contributed by atoms with Crippen LogP contribution in [0.25, 0.3) is 0 Å². The summed E-state index contributed by atoms with van der Waals surface area (Å²) in [5, 5.41) is 2.90. The molecular formula is C17H19BrN4O2. The molecule has 0 atom stereocenters. The Labute approximate surface area is 149 Å². The van der Waals surface area contributed by atoms with Crippen LogP contribution in [0, 0.1) is 6.92 Å². The Bertz CT molecular complexity index is 715. The quantitative estimate of drug-likeness (QED) is 0.867. The van der Waals surface area contributed by atoms with E-state index in [1.807, 2.05) is 25.1 Å². The smallest absolute Gasteiger partial charge is 0.251 e. The van der Waals surface area contributed by atoms with Crippen LogP contribution in [-0.2, 0) is 11.3 Å². The molecule has 1 N–H and O–H groups in total. The summed E-state index contributed by atoms with van der Waals surface area (Å²) < 4.78 is 6.31. The number of amides is 1. The molecule has 126 valence electrons. The molecule has 2 heterocycles. The molecule has 7 heteroatoms. The van der Waals surface area contributed by atoms with Gasteiger partial charge in [0.05, 0.1) is 25.5 Å². The molecule has 24 heavy (non-hydrogen) atoms. The molecule has 0 aliphatic carbocycles. The Kier molecular flexibility index (Phi) is 5.42. The van der Waals surface area contributed by atoms with Crippen molar-refractivity contribution in [3.8, 4) is 0 Å². The van der Waals surface area contributed by atoms with Gasteiger partial charge < -0.3 is 15.0 Å². The predicted molar refractivity (Wildman–Crippen MR) is 95.1 cm³/mol. The van der Waals surface area contributed by atoms with Crippen molar-refractivity contribution >= 4 is 27.8 Å². The summed E-state index contributed by atoms with van der Waals surface area (Å²) in [5.41, 5.74) is 2.31. The van der Waals surface area contributed by atoms with E-state index in [2.05, 4.69) is 36.1 Å². The molecule has 1 aromatic carbocycles. The molecule has 0 saturated carbocycles. The van der Waals surface area contributed by atoms with Gasteiger partial charge in [0.1, 0.15) is 0 Å². The average molecular weight is 391 g/mol. The van der Waals surface area contributed by atoms with Gasteiger partial charge in [0.15, 0.2) is 0 Å². The number of halogens is 1. The minimum atomic E-state index is -0.119. The zero-order valence-corrected chi connectivity index (χ0v) is 15.0. The second-order valence-corrected chi connectivity index (χ2v) is 6.51. The van der Waals surface area contributed by atoms with Gasteiger partial charge in [-0.2, -0.15) is 0 Å². The first kappa shape index (κ1) is 16.9. The second kappa shape index (κ2) is 7.72. The summed E-state index contributed by atoms with van der Waals surface area (Å²) in [5.74, 6) is 0.581. The third kappa shape index (κ3) is 4.30. The maximum absolute atomic E-state index is 12.2. The zero-order chi connectivity index (χ0) is 16.9. The van der Waals surface area contributed by atoms with Gasteiger partial charge in [0, 0.05) is 28.8 Å². The molecule has 1 amide bonds. The Balaban J connectivity index is 1.67. The van der Waals surface area contributed by atoms with Crippen LogP contribution in [0.4, 0.5) is 5.95 Å². The van der Waals surface area contributed by atoms with Crippen LogP contribution in [0.2, 0.25) is 0 Å². The van der Waals surface area contributed by atoms with Crippen LogP contribution >= 0.6 is 15.9 Å². The van der Waals surface area contributed by atoms with E-state index in [9.17, 15) is 4.79 Å². The topological polar surface area (TPSA) is 67.4 Å². The van der Waals surface area contributed by atoms with Gasteiger partial charge in [-0.05, 0) is 37.3 Å². The first-order valence-corrected chi connectivity index (χ1v) is 8.62. The summed E-state index contributed by atoms with van der Waals surface area (Å²) in [6.07, 6.45) is 0. The number of anilines is 1. The van der Waals surface area contributed by atoms with Crippen LogP contribution in [0.15, 0.2) is 34.8 Å². The fourth-order valence-electron chi connectivity index (χ4n) is 2.49. The summed E-state index contributed by atoms with van der Waals surface area (Å²) in [6.45, 7) is 5.25. The number of aryl methyl sites for hydroxylation is 1. The minimum absolute atomic E-state index is 0.119. The van der Waals surface area contributed by atoms with Crippen molar-refractivity contribution in [1.82, 2.24) is 15.3 Å². The minimum Gasteiger partial charge on any atom is -0.378 e. The fraction of sp³-hybridized carbons (Fsp3) is 0.353. The average Bonchev–Trinajstić information content (AvgIpc) is 2.60. The van der Waals surface area contributed by atoms with E-state index in [0.29, 0.717) is 31.3 Å². The molecule has 3 rings (SSSR count). The van der Waals surface area contributed by atoms with Gasteiger partial charge in [-0.15, -0.1) is 0 Å². The summed E-state index contributed by atoms with van der Waals surface area (Å²) in [4.78, 5) is 23.4. The van der Waals surface area contributed by atoms with E-state index in [1.54, 1.807) is 12.1 Å². The number of rotatable bonds is 4. The Morgan fingerprint density at radius 2 is 1.96 bits per heavy atom. The molecule has 0 unspecified atom stereocenters. The number of benzene rings is 1. The fourth-order valence-corrected chi connectivity index (χ4v) is 2.75. The zero-order valence-electron chi connectivity index (χ0n) is 13.5. The molecule has 6 nitrogen and oxygen atoms in total. The number of hydrogen-bond acceptors (Lipinski definition) is 5. The number of aromatic nitrogens is 2. The highest BCUT2D eigenvalue weighted by atomic mass is 79.9. The molecule has 0 radical (unpaired) electrons. The number of nitrogens with one attached hydrogen (secondary N) is 1. The Morgan fingerprint density at radius 1 is 1.25 bits per heavy atom. The molecule has 1 saturated heterocycles. The highest BCUT2D eigenvalue weighted by molar-refractivity contribution is 9.10. The molecule has 1 fully saturated rings. The van der Waals surface area contributed by atoms with Crippen molar-refractivity contribution in [2.75, 3.05) is 31.2 Å². The third-order valence-corrected chi connectivity index (χ3v) is 4.25. The SMILES string of the molecule is Cc1cc(CNC(=O)c2ccc(Br)cc2)nc(N2CCOCC2)n1. The van der Waals surface area contributed by atoms with Crippen LogP contribution in [0.1, 0.15) is 21.7 Å². The maximum atomic E-state index is 12.2. The normalized spacial score (nSPS) is 14.5. The number of carbonyl (C=O) groups excluding carboxylic acids is 1. The van der Waals surface area contributed by atoms with Gasteiger partial charge >= 0.3 is 0 Å². The monoisotopic (exact) mass is 390 g/mol. The largest absolute Gasteiger partial charge is 0.378 e. The van der Waals surface area contributed by atoms with Crippen molar-refractivity contribution in [1.29, 1.82) is 0 Å². The van der Waals surface area contributed by atoms with Gasteiger partial charge in [0.2, 0.25) is 5.95 Å². The van der Waals surface area contributed by atoms with Crippen molar-refractivity contribution in [3.05, 3.63) is 51.8 Å².